The van der Waals surface area contributed by atoms with Crippen LogP contribution in [0.15, 0.2) is 0 Å². The molecule has 1 aliphatic heterocycles. The number of carbonyl (C=O) groups excluding carboxylic acids is 2. The minimum atomic E-state index is -0.992. The molecular formula is C9H12O4. The van der Waals surface area contributed by atoms with Gasteiger partial charge in [-0.25, -0.2) is 0 Å². The van der Waals surface area contributed by atoms with E-state index in [0.29, 0.717) is 12.3 Å². The minimum Gasteiger partial charge on any atom is -0.422 e. The molecule has 0 N–H and O–H groups in total. The molecule has 1 saturated heterocycles. The molecular weight excluding hydrogens is 172 g/mol. The lowest BCUT2D eigenvalue weighted by Gasteiger charge is -2.32. The second kappa shape index (κ2) is 2.72. The third-order valence-electron chi connectivity index (χ3n) is 2.30. The summed E-state index contributed by atoms with van der Waals surface area (Å²) in [6, 6.07) is 0. The van der Waals surface area contributed by atoms with Crippen LogP contribution in [-0.2, 0) is 19.1 Å². The quantitative estimate of drug-likeness (QED) is 0.474. The van der Waals surface area contributed by atoms with E-state index in [1.54, 1.807) is 6.92 Å². The molecule has 4 heteroatoms. The smallest absolute Gasteiger partial charge is 0.320 e. The molecule has 0 spiro atoms. The number of ether oxygens (including phenoxy) is 2. The normalized spacial score (nSPS) is 26.5. The zero-order chi connectivity index (χ0) is 9.47. The van der Waals surface area contributed by atoms with Gasteiger partial charge in [0.25, 0.3) is 5.79 Å². The average Bonchev–Trinajstić information content (AvgIpc) is 2.66. The second-order valence-electron chi connectivity index (χ2n) is 3.91. The van der Waals surface area contributed by atoms with Crippen molar-refractivity contribution >= 4 is 11.9 Å². The highest BCUT2D eigenvalue weighted by Crippen LogP contribution is 2.39. The Morgan fingerprint density at radius 3 is 2.31 bits per heavy atom. The maximum Gasteiger partial charge on any atom is 0.320 e. The first kappa shape index (κ1) is 8.53. The molecule has 0 aromatic rings. The Morgan fingerprint density at radius 1 is 1.31 bits per heavy atom. The van der Waals surface area contributed by atoms with Crippen LogP contribution < -0.4 is 0 Å². The van der Waals surface area contributed by atoms with Crippen LogP contribution in [0.25, 0.3) is 0 Å². The Morgan fingerprint density at radius 2 is 1.85 bits per heavy atom. The molecule has 2 aliphatic rings. The zero-order valence-corrected chi connectivity index (χ0v) is 7.54. The maximum atomic E-state index is 11.0. The lowest BCUT2D eigenvalue weighted by atomic mass is 10.1. The van der Waals surface area contributed by atoms with Gasteiger partial charge in [-0.2, -0.15) is 0 Å². The average molecular weight is 184 g/mol. The predicted molar refractivity (Wildman–Crippen MR) is 42.5 cm³/mol. The first-order valence-corrected chi connectivity index (χ1v) is 4.51. The number of hydrogen-bond acceptors (Lipinski definition) is 4. The van der Waals surface area contributed by atoms with Crippen LogP contribution in [0.3, 0.4) is 0 Å². The Bertz CT molecular complexity index is 238. The molecule has 0 aromatic carbocycles. The van der Waals surface area contributed by atoms with Crippen molar-refractivity contribution < 1.29 is 19.1 Å². The Labute approximate surface area is 76.2 Å². The highest BCUT2D eigenvalue weighted by molar-refractivity contribution is 5.93. The van der Waals surface area contributed by atoms with Gasteiger partial charge in [-0.05, 0) is 18.8 Å². The summed E-state index contributed by atoms with van der Waals surface area (Å²) < 4.78 is 10.0. The van der Waals surface area contributed by atoms with Crippen LogP contribution in [0.1, 0.15) is 32.6 Å². The Balaban J connectivity index is 2.01. The summed E-state index contributed by atoms with van der Waals surface area (Å²) in [6.07, 6.45) is 2.68. The van der Waals surface area contributed by atoms with Gasteiger partial charge in [0.2, 0.25) is 0 Å². The van der Waals surface area contributed by atoms with Crippen molar-refractivity contribution in [3.8, 4) is 0 Å². The van der Waals surface area contributed by atoms with Gasteiger partial charge in [0.15, 0.2) is 0 Å². The molecule has 72 valence electrons. The summed E-state index contributed by atoms with van der Waals surface area (Å²) in [5.74, 6) is -1.38. The minimum absolute atomic E-state index is 0.250. The number of cyclic esters (lactones) is 2. The van der Waals surface area contributed by atoms with Crippen molar-refractivity contribution in [2.75, 3.05) is 0 Å². The number of rotatable bonds is 2. The molecule has 0 bridgehead atoms. The van der Waals surface area contributed by atoms with E-state index in [1.165, 1.54) is 0 Å². The summed E-state index contributed by atoms with van der Waals surface area (Å²) in [5.41, 5.74) is 0. The van der Waals surface area contributed by atoms with Crippen molar-refractivity contribution in [1.29, 1.82) is 0 Å². The van der Waals surface area contributed by atoms with Crippen molar-refractivity contribution in [3.05, 3.63) is 0 Å². The van der Waals surface area contributed by atoms with Crippen molar-refractivity contribution in [2.45, 2.75) is 38.4 Å². The first-order chi connectivity index (χ1) is 6.07. The summed E-state index contributed by atoms with van der Waals surface area (Å²) in [5, 5.41) is 0. The molecule has 2 fully saturated rings. The van der Waals surface area contributed by atoms with Crippen LogP contribution in [0.2, 0.25) is 0 Å². The monoisotopic (exact) mass is 184 g/mol. The van der Waals surface area contributed by atoms with Gasteiger partial charge in [0, 0.05) is 13.3 Å². The highest BCUT2D eigenvalue weighted by atomic mass is 16.7. The van der Waals surface area contributed by atoms with Crippen molar-refractivity contribution in [1.82, 2.24) is 0 Å². The molecule has 13 heavy (non-hydrogen) atoms. The van der Waals surface area contributed by atoms with Gasteiger partial charge in [0.1, 0.15) is 6.42 Å². The van der Waals surface area contributed by atoms with E-state index in [1.807, 2.05) is 0 Å². The van der Waals surface area contributed by atoms with Gasteiger partial charge in [-0.15, -0.1) is 0 Å². The summed E-state index contributed by atoms with van der Waals surface area (Å²) in [4.78, 5) is 21.9. The largest absolute Gasteiger partial charge is 0.422 e. The molecule has 2 rings (SSSR count). The molecule has 1 saturated carbocycles. The van der Waals surface area contributed by atoms with Crippen LogP contribution in [0, 0.1) is 5.92 Å². The van der Waals surface area contributed by atoms with Gasteiger partial charge in [-0.1, -0.05) is 0 Å². The van der Waals surface area contributed by atoms with E-state index in [-0.39, 0.29) is 6.42 Å². The van der Waals surface area contributed by atoms with E-state index in [0.717, 1.165) is 12.8 Å². The van der Waals surface area contributed by atoms with E-state index in [4.69, 9.17) is 9.47 Å². The molecule has 0 atom stereocenters. The second-order valence-corrected chi connectivity index (χ2v) is 3.91. The fourth-order valence-corrected chi connectivity index (χ4v) is 1.62. The van der Waals surface area contributed by atoms with Gasteiger partial charge in [-0.3, -0.25) is 9.59 Å². The lowest BCUT2D eigenvalue weighted by Crippen LogP contribution is -2.43. The third kappa shape index (κ3) is 1.99. The Kier molecular flexibility index (Phi) is 1.78. The first-order valence-electron chi connectivity index (χ1n) is 4.51. The fraction of sp³-hybridized carbons (Fsp3) is 0.778. The van der Waals surface area contributed by atoms with Gasteiger partial charge < -0.3 is 9.47 Å². The maximum absolute atomic E-state index is 11.0. The number of hydrogen-bond donors (Lipinski definition) is 0. The molecule has 0 radical (unpaired) electrons. The summed E-state index contributed by atoms with van der Waals surface area (Å²) in [7, 11) is 0. The highest BCUT2D eigenvalue weighted by Gasteiger charge is 2.43. The molecule has 1 heterocycles. The molecule has 4 nitrogen and oxygen atoms in total. The topological polar surface area (TPSA) is 52.6 Å². The van der Waals surface area contributed by atoms with Crippen LogP contribution in [-0.4, -0.2) is 17.7 Å². The van der Waals surface area contributed by atoms with Gasteiger partial charge in [0.05, 0.1) is 0 Å². The lowest BCUT2D eigenvalue weighted by molar-refractivity contribution is -0.240. The number of carbonyl (C=O) groups is 2. The Hall–Kier alpha value is -1.06. The van der Waals surface area contributed by atoms with E-state index >= 15 is 0 Å². The van der Waals surface area contributed by atoms with Crippen LogP contribution in [0.5, 0.6) is 0 Å². The number of esters is 2. The summed E-state index contributed by atoms with van der Waals surface area (Å²) in [6.45, 7) is 1.65. The van der Waals surface area contributed by atoms with Crippen molar-refractivity contribution in [2.24, 2.45) is 5.92 Å². The van der Waals surface area contributed by atoms with Crippen LogP contribution >= 0.6 is 0 Å². The van der Waals surface area contributed by atoms with Gasteiger partial charge >= 0.3 is 11.9 Å². The zero-order valence-electron chi connectivity index (χ0n) is 7.54. The van der Waals surface area contributed by atoms with E-state index < -0.39 is 17.7 Å². The predicted octanol–water partition coefficient (Wildman–Crippen LogP) is 0.993. The van der Waals surface area contributed by atoms with E-state index in [2.05, 4.69) is 0 Å². The standard InChI is InChI=1S/C9H12O4/c1-9(5-6-2-3-6)12-7(10)4-8(11)13-9/h6H,2-5H2,1H3. The third-order valence-corrected chi connectivity index (χ3v) is 2.30. The van der Waals surface area contributed by atoms with Crippen molar-refractivity contribution in [3.63, 3.8) is 0 Å². The molecule has 0 unspecified atom stereocenters. The SMILES string of the molecule is CC1(CC2CC2)OC(=O)CC(=O)O1. The van der Waals surface area contributed by atoms with Crippen LogP contribution in [0.4, 0.5) is 0 Å². The molecule has 0 amide bonds. The molecule has 0 aromatic heterocycles. The fourth-order valence-electron chi connectivity index (χ4n) is 1.62. The molecule has 1 aliphatic carbocycles. The van der Waals surface area contributed by atoms with E-state index in [9.17, 15) is 9.59 Å². The summed E-state index contributed by atoms with van der Waals surface area (Å²) >= 11 is 0.